The molecule has 1 aliphatic rings. The van der Waals surface area contributed by atoms with Gasteiger partial charge < -0.3 is 19.7 Å². The lowest BCUT2D eigenvalue weighted by Gasteiger charge is -2.26. The van der Waals surface area contributed by atoms with Gasteiger partial charge in [-0.2, -0.15) is 0 Å². The number of anilines is 1. The molecule has 2 amide bonds. The van der Waals surface area contributed by atoms with E-state index in [4.69, 9.17) is 9.47 Å². The molecule has 1 N–H and O–H groups in total. The van der Waals surface area contributed by atoms with Gasteiger partial charge in [-0.05, 0) is 49.1 Å². The Labute approximate surface area is 183 Å². The maximum Gasteiger partial charge on any atom is 0.246 e. The lowest BCUT2D eigenvalue weighted by atomic mass is 10.0. The average molecular weight is 424 g/mol. The number of aryl methyl sites for hydroxylation is 1. The topological polar surface area (TPSA) is 80.8 Å². The lowest BCUT2D eigenvalue weighted by Crippen LogP contribution is -2.28. The molecule has 164 valence electrons. The van der Waals surface area contributed by atoms with E-state index in [1.165, 1.54) is 6.08 Å². The first-order valence-electron chi connectivity index (χ1n) is 10.5. The summed E-state index contributed by atoms with van der Waals surface area (Å²) < 4.78 is 11.4. The third-order valence-corrected chi connectivity index (χ3v) is 5.34. The summed E-state index contributed by atoms with van der Waals surface area (Å²) in [5, 5.41) is 2.76. The number of fused-ring (bicyclic) bond motifs is 1. The van der Waals surface area contributed by atoms with E-state index in [1.54, 1.807) is 31.3 Å². The Morgan fingerprint density at radius 3 is 2.90 bits per heavy atom. The van der Waals surface area contributed by atoms with E-state index in [9.17, 15) is 9.59 Å². The average Bonchev–Trinajstić information content (AvgIpc) is 2.79. The number of likely N-dealkylation sites (N-methyl/N-ethyl adjacent to an activating group) is 1. The van der Waals surface area contributed by atoms with E-state index in [-0.39, 0.29) is 17.9 Å². The maximum absolute atomic E-state index is 12.8. The largest absolute Gasteiger partial charge is 0.493 e. The number of carbonyl (C=O) groups is 2. The van der Waals surface area contributed by atoms with Crippen molar-refractivity contribution in [1.29, 1.82) is 0 Å². The molecule has 0 saturated heterocycles. The summed E-state index contributed by atoms with van der Waals surface area (Å²) in [6.07, 6.45) is 6.91. The molecule has 31 heavy (non-hydrogen) atoms. The van der Waals surface area contributed by atoms with Crippen LogP contribution in [0, 0.1) is 0 Å². The van der Waals surface area contributed by atoms with Gasteiger partial charge in [0.2, 0.25) is 11.8 Å². The molecule has 3 rings (SSSR count). The van der Waals surface area contributed by atoms with Gasteiger partial charge in [0, 0.05) is 31.3 Å². The van der Waals surface area contributed by atoms with E-state index < -0.39 is 0 Å². The Morgan fingerprint density at radius 1 is 1.35 bits per heavy atom. The number of ether oxygens (including phenoxy) is 2. The number of hydrogen-bond acceptors (Lipinski definition) is 5. The van der Waals surface area contributed by atoms with Gasteiger partial charge in [-0.3, -0.25) is 9.59 Å². The number of amides is 2. The standard InChI is InChI=1S/C24H29N3O4/c1-5-13-31-23-19(7-6-8-20(23)30-4)16(2)27(3)22(29)12-9-17-14-18-10-11-21(28)26-24(18)25-15-17/h6-9,12,14-16H,5,10-11,13H2,1-4H3,(H,25,26,28). The van der Waals surface area contributed by atoms with Crippen molar-refractivity contribution in [3.63, 3.8) is 0 Å². The predicted octanol–water partition coefficient (Wildman–Crippen LogP) is 4.00. The summed E-state index contributed by atoms with van der Waals surface area (Å²) in [4.78, 5) is 30.3. The van der Waals surface area contributed by atoms with Gasteiger partial charge in [-0.15, -0.1) is 0 Å². The quantitative estimate of drug-likeness (QED) is 0.649. The summed E-state index contributed by atoms with van der Waals surface area (Å²) in [5.41, 5.74) is 2.69. The number of hydrogen-bond donors (Lipinski definition) is 1. The van der Waals surface area contributed by atoms with Crippen LogP contribution >= 0.6 is 0 Å². The summed E-state index contributed by atoms with van der Waals surface area (Å²) >= 11 is 0. The zero-order chi connectivity index (χ0) is 22.4. The fraction of sp³-hybridized carbons (Fsp3) is 0.375. The first-order chi connectivity index (χ1) is 14.9. The first-order valence-corrected chi connectivity index (χ1v) is 10.5. The highest BCUT2D eigenvalue weighted by molar-refractivity contribution is 5.94. The van der Waals surface area contributed by atoms with Gasteiger partial charge >= 0.3 is 0 Å². The van der Waals surface area contributed by atoms with Crippen molar-refractivity contribution >= 4 is 23.7 Å². The molecular formula is C24H29N3O4. The Hall–Kier alpha value is -3.35. The fourth-order valence-electron chi connectivity index (χ4n) is 3.43. The van der Waals surface area contributed by atoms with Crippen LogP contribution in [0.2, 0.25) is 0 Å². The van der Waals surface area contributed by atoms with E-state index in [2.05, 4.69) is 10.3 Å². The molecule has 1 aromatic heterocycles. The molecule has 2 heterocycles. The molecule has 0 saturated carbocycles. The number of carbonyl (C=O) groups excluding carboxylic acids is 2. The minimum Gasteiger partial charge on any atom is -0.493 e. The molecule has 2 aromatic rings. The molecule has 7 heteroatoms. The second-order valence-electron chi connectivity index (χ2n) is 7.51. The number of nitrogens with one attached hydrogen (secondary N) is 1. The van der Waals surface area contributed by atoms with Crippen LogP contribution in [0.25, 0.3) is 6.08 Å². The molecule has 1 atom stereocenters. The van der Waals surface area contributed by atoms with Gasteiger partial charge in [-0.1, -0.05) is 19.1 Å². The highest BCUT2D eigenvalue weighted by atomic mass is 16.5. The third-order valence-electron chi connectivity index (χ3n) is 5.34. The molecule has 1 unspecified atom stereocenters. The van der Waals surface area contributed by atoms with Crippen LogP contribution in [0.15, 0.2) is 36.5 Å². The maximum atomic E-state index is 12.8. The number of benzene rings is 1. The highest BCUT2D eigenvalue weighted by Gasteiger charge is 2.22. The Kier molecular flexibility index (Phi) is 7.28. The van der Waals surface area contributed by atoms with Crippen molar-refractivity contribution < 1.29 is 19.1 Å². The van der Waals surface area contributed by atoms with Crippen molar-refractivity contribution in [2.45, 2.75) is 39.2 Å². The number of nitrogens with zero attached hydrogens (tertiary/aromatic N) is 2. The molecule has 1 aromatic carbocycles. The van der Waals surface area contributed by atoms with Gasteiger partial charge in [0.1, 0.15) is 5.82 Å². The number of rotatable bonds is 8. The molecule has 0 fully saturated rings. The Balaban J connectivity index is 1.75. The van der Waals surface area contributed by atoms with Crippen molar-refractivity contribution in [3.05, 3.63) is 53.2 Å². The van der Waals surface area contributed by atoms with Crippen LogP contribution < -0.4 is 14.8 Å². The SMILES string of the molecule is CCCOc1c(OC)cccc1C(C)N(C)C(=O)C=Cc1cnc2c(c1)CCC(=O)N2. The molecule has 0 spiro atoms. The molecule has 0 radical (unpaired) electrons. The fourth-order valence-corrected chi connectivity index (χ4v) is 3.43. The number of methoxy groups -OCH3 is 1. The monoisotopic (exact) mass is 423 g/mol. The molecular weight excluding hydrogens is 394 g/mol. The van der Waals surface area contributed by atoms with Crippen molar-refractivity contribution in [2.75, 3.05) is 26.1 Å². The number of pyridine rings is 1. The molecule has 0 bridgehead atoms. The highest BCUT2D eigenvalue weighted by Crippen LogP contribution is 2.37. The van der Waals surface area contributed by atoms with Crippen LogP contribution in [0.4, 0.5) is 5.82 Å². The van der Waals surface area contributed by atoms with Gasteiger partial charge in [0.25, 0.3) is 0 Å². The van der Waals surface area contributed by atoms with Crippen LogP contribution in [0.5, 0.6) is 11.5 Å². The summed E-state index contributed by atoms with van der Waals surface area (Å²) in [6.45, 7) is 4.58. The zero-order valence-corrected chi connectivity index (χ0v) is 18.5. The van der Waals surface area contributed by atoms with Crippen LogP contribution in [-0.2, 0) is 16.0 Å². The van der Waals surface area contributed by atoms with Gasteiger partial charge in [-0.25, -0.2) is 4.98 Å². The Morgan fingerprint density at radius 2 is 2.16 bits per heavy atom. The van der Waals surface area contributed by atoms with E-state index in [0.717, 1.165) is 23.1 Å². The van der Waals surface area contributed by atoms with E-state index >= 15 is 0 Å². The minimum atomic E-state index is -0.212. The van der Waals surface area contributed by atoms with Crippen LogP contribution in [0.1, 0.15) is 49.4 Å². The molecule has 1 aliphatic heterocycles. The molecule has 0 aliphatic carbocycles. The number of para-hydroxylation sites is 1. The normalized spacial score (nSPS) is 14.0. The van der Waals surface area contributed by atoms with Crippen molar-refractivity contribution in [3.8, 4) is 11.5 Å². The second-order valence-corrected chi connectivity index (χ2v) is 7.51. The summed E-state index contributed by atoms with van der Waals surface area (Å²) in [6, 6.07) is 7.45. The third kappa shape index (κ3) is 5.23. The zero-order valence-electron chi connectivity index (χ0n) is 18.5. The van der Waals surface area contributed by atoms with Crippen LogP contribution in [-0.4, -0.2) is 42.5 Å². The second kappa shape index (κ2) is 10.1. The van der Waals surface area contributed by atoms with Gasteiger partial charge in [0.05, 0.1) is 19.8 Å². The smallest absolute Gasteiger partial charge is 0.246 e. The van der Waals surface area contributed by atoms with E-state index in [1.807, 2.05) is 38.1 Å². The first kappa shape index (κ1) is 22.3. The van der Waals surface area contributed by atoms with Crippen molar-refractivity contribution in [1.82, 2.24) is 9.88 Å². The van der Waals surface area contributed by atoms with Crippen LogP contribution in [0.3, 0.4) is 0 Å². The molecule has 7 nitrogen and oxygen atoms in total. The Bertz CT molecular complexity index is 987. The summed E-state index contributed by atoms with van der Waals surface area (Å²) in [7, 11) is 3.37. The van der Waals surface area contributed by atoms with E-state index in [0.29, 0.717) is 36.8 Å². The lowest BCUT2D eigenvalue weighted by molar-refractivity contribution is -0.126. The van der Waals surface area contributed by atoms with Gasteiger partial charge in [0.15, 0.2) is 11.5 Å². The minimum absolute atomic E-state index is 0.0195. The predicted molar refractivity (Wildman–Crippen MR) is 120 cm³/mol. The van der Waals surface area contributed by atoms with Crippen molar-refractivity contribution in [2.24, 2.45) is 0 Å². The summed E-state index contributed by atoms with van der Waals surface area (Å²) in [5.74, 6) is 1.77. The number of aromatic nitrogens is 1.